The van der Waals surface area contributed by atoms with Crippen molar-refractivity contribution < 1.29 is 17.7 Å². The van der Waals surface area contributed by atoms with Crippen LogP contribution in [0.25, 0.3) is 11.3 Å². The number of aryl methyl sites for hydroxylation is 1. The summed E-state index contributed by atoms with van der Waals surface area (Å²) in [6.07, 6.45) is 0. The van der Waals surface area contributed by atoms with E-state index in [4.69, 9.17) is 27.7 Å². The number of hydrogen-bond donors (Lipinski definition) is 2. The number of hydrogen-bond acceptors (Lipinski definition) is 5. The van der Waals surface area contributed by atoms with Crippen molar-refractivity contribution in [3.05, 3.63) is 94.2 Å². The fourth-order valence-electron chi connectivity index (χ4n) is 3.14. The monoisotopic (exact) mass is 501 g/mol. The first-order valence-corrected chi connectivity index (χ1v) is 11.9. The summed E-state index contributed by atoms with van der Waals surface area (Å²) in [5.74, 6) is -0.209. The maximum absolute atomic E-state index is 13.1. The highest BCUT2D eigenvalue weighted by Gasteiger charge is 2.23. The summed E-state index contributed by atoms with van der Waals surface area (Å²) in [7, 11) is -3.90. The average Bonchev–Trinajstić information content (AvgIpc) is 3.17. The number of carbonyl (C=O) groups is 1. The Bertz CT molecular complexity index is 1430. The lowest BCUT2D eigenvalue weighted by Crippen LogP contribution is -2.16. The Labute approximate surface area is 200 Å². The first-order valence-electron chi connectivity index (χ1n) is 9.65. The zero-order chi connectivity index (χ0) is 23.6. The van der Waals surface area contributed by atoms with Crippen molar-refractivity contribution in [1.29, 1.82) is 0 Å². The highest BCUT2D eigenvalue weighted by molar-refractivity contribution is 7.92. The number of sulfonamides is 1. The number of anilines is 2. The average molecular weight is 502 g/mol. The summed E-state index contributed by atoms with van der Waals surface area (Å²) in [6, 6.07) is 19.1. The van der Waals surface area contributed by atoms with Gasteiger partial charge in [-0.15, -0.1) is 0 Å². The Morgan fingerprint density at radius 1 is 0.939 bits per heavy atom. The van der Waals surface area contributed by atoms with E-state index in [1.165, 1.54) is 18.2 Å². The zero-order valence-corrected chi connectivity index (χ0v) is 19.5. The number of amides is 1. The number of carbonyl (C=O) groups excluding carboxylic acids is 1. The summed E-state index contributed by atoms with van der Waals surface area (Å²) in [4.78, 5) is 13.0. The maximum atomic E-state index is 13.1. The van der Waals surface area contributed by atoms with Crippen molar-refractivity contribution in [2.45, 2.75) is 11.8 Å². The van der Waals surface area contributed by atoms with Crippen molar-refractivity contribution in [3.63, 3.8) is 0 Å². The zero-order valence-electron chi connectivity index (χ0n) is 17.2. The molecule has 0 atom stereocenters. The predicted molar refractivity (Wildman–Crippen MR) is 128 cm³/mol. The molecule has 0 saturated heterocycles. The van der Waals surface area contributed by atoms with Crippen LogP contribution < -0.4 is 10.0 Å². The Morgan fingerprint density at radius 3 is 2.39 bits per heavy atom. The lowest BCUT2D eigenvalue weighted by molar-refractivity contribution is 0.102. The molecule has 0 spiro atoms. The van der Waals surface area contributed by atoms with Gasteiger partial charge in [-0.3, -0.25) is 9.52 Å². The molecule has 168 valence electrons. The first kappa shape index (κ1) is 22.8. The van der Waals surface area contributed by atoms with Gasteiger partial charge in [-0.05, 0) is 55.5 Å². The van der Waals surface area contributed by atoms with Crippen LogP contribution >= 0.6 is 23.2 Å². The van der Waals surface area contributed by atoms with E-state index in [-0.39, 0.29) is 16.1 Å². The second-order valence-corrected chi connectivity index (χ2v) is 9.56. The number of nitrogens with one attached hydrogen (secondary N) is 2. The third-order valence-corrected chi connectivity index (χ3v) is 6.68. The third kappa shape index (κ3) is 5.03. The van der Waals surface area contributed by atoms with Crippen LogP contribution in [0.4, 0.5) is 11.4 Å². The second-order valence-electron chi connectivity index (χ2n) is 7.04. The molecule has 33 heavy (non-hydrogen) atoms. The smallest absolute Gasteiger partial charge is 0.261 e. The second kappa shape index (κ2) is 9.27. The van der Waals surface area contributed by atoms with E-state index >= 15 is 0 Å². The van der Waals surface area contributed by atoms with Crippen LogP contribution in [0.3, 0.4) is 0 Å². The van der Waals surface area contributed by atoms with Crippen LogP contribution in [0.15, 0.2) is 82.2 Å². The molecule has 4 aromatic rings. The van der Waals surface area contributed by atoms with Gasteiger partial charge >= 0.3 is 0 Å². The van der Waals surface area contributed by atoms with Gasteiger partial charge in [-0.1, -0.05) is 52.6 Å². The maximum Gasteiger partial charge on any atom is 0.261 e. The van der Waals surface area contributed by atoms with Crippen molar-refractivity contribution in [1.82, 2.24) is 5.16 Å². The minimum Gasteiger partial charge on any atom is -0.360 e. The van der Waals surface area contributed by atoms with Crippen molar-refractivity contribution in [2.24, 2.45) is 0 Å². The van der Waals surface area contributed by atoms with Crippen molar-refractivity contribution >= 4 is 50.5 Å². The molecule has 0 unspecified atom stereocenters. The molecule has 0 fully saturated rings. The normalized spacial score (nSPS) is 11.2. The Morgan fingerprint density at radius 2 is 1.67 bits per heavy atom. The number of halogens is 2. The molecule has 1 aromatic heterocycles. The van der Waals surface area contributed by atoms with Crippen molar-refractivity contribution in [3.8, 4) is 11.3 Å². The standard InChI is InChI=1S/C23H17Cl2N3O4S/c1-14-21(22(27-32-14)19-7-2-3-8-20(19)25)23(29)26-17-5-4-6-18(13-17)33(30,31)28-16-11-9-15(24)10-12-16/h2-13,28H,1H3,(H,26,29). The lowest BCUT2D eigenvalue weighted by atomic mass is 10.1. The Kier molecular flexibility index (Phi) is 6.42. The molecule has 10 heteroatoms. The summed E-state index contributed by atoms with van der Waals surface area (Å²) >= 11 is 12.1. The fourth-order valence-corrected chi connectivity index (χ4v) is 4.60. The number of aromatic nitrogens is 1. The minimum absolute atomic E-state index is 0.0244. The number of nitrogens with zero attached hydrogens (tertiary/aromatic N) is 1. The molecule has 7 nitrogen and oxygen atoms in total. The summed E-state index contributed by atoms with van der Waals surface area (Å²) in [6.45, 7) is 1.61. The third-order valence-electron chi connectivity index (χ3n) is 4.72. The van der Waals surface area contributed by atoms with E-state index in [0.717, 1.165) is 0 Å². The molecule has 3 aromatic carbocycles. The molecule has 1 amide bonds. The summed E-state index contributed by atoms with van der Waals surface area (Å²) < 4.78 is 33.3. The van der Waals surface area contributed by atoms with E-state index in [2.05, 4.69) is 15.2 Å². The number of rotatable bonds is 6. The summed E-state index contributed by atoms with van der Waals surface area (Å²) in [5, 5.41) is 7.60. The van der Waals surface area contributed by atoms with Gasteiger partial charge in [0.25, 0.3) is 15.9 Å². The minimum atomic E-state index is -3.90. The van der Waals surface area contributed by atoms with Gasteiger partial charge in [0.15, 0.2) is 0 Å². The van der Waals surface area contributed by atoms with Gasteiger partial charge in [-0.2, -0.15) is 0 Å². The molecule has 4 rings (SSSR count). The SMILES string of the molecule is Cc1onc(-c2ccccc2Cl)c1C(=O)Nc1cccc(S(=O)(=O)Nc2ccc(Cl)cc2)c1. The molecule has 1 heterocycles. The van der Waals surface area contributed by atoms with Gasteiger partial charge in [0.2, 0.25) is 0 Å². The van der Waals surface area contributed by atoms with Gasteiger partial charge < -0.3 is 9.84 Å². The molecule has 0 aliphatic rings. The molecule has 0 aliphatic carbocycles. The van der Waals surface area contributed by atoms with Crippen molar-refractivity contribution in [2.75, 3.05) is 10.0 Å². The Hall–Kier alpha value is -3.33. The van der Waals surface area contributed by atoms with Crippen LogP contribution in [0, 0.1) is 6.92 Å². The molecule has 0 bridgehead atoms. The lowest BCUT2D eigenvalue weighted by Gasteiger charge is -2.11. The molecular weight excluding hydrogens is 485 g/mol. The number of benzene rings is 3. The quantitative estimate of drug-likeness (QED) is 0.336. The highest BCUT2D eigenvalue weighted by atomic mass is 35.5. The van der Waals surface area contributed by atoms with E-state index in [9.17, 15) is 13.2 Å². The van der Waals surface area contributed by atoms with Crippen LogP contribution in [-0.4, -0.2) is 19.5 Å². The summed E-state index contributed by atoms with van der Waals surface area (Å²) in [5.41, 5.74) is 1.69. The Balaban J connectivity index is 1.60. The van der Waals surface area contributed by atoms with Gasteiger partial charge in [0.1, 0.15) is 17.0 Å². The largest absolute Gasteiger partial charge is 0.360 e. The van der Waals surface area contributed by atoms with Gasteiger partial charge in [0.05, 0.1) is 9.92 Å². The van der Waals surface area contributed by atoms with Crippen LogP contribution in [-0.2, 0) is 10.0 Å². The molecule has 0 radical (unpaired) electrons. The first-order chi connectivity index (χ1) is 15.7. The fraction of sp³-hybridized carbons (Fsp3) is 0.0435. The molecule has 0 aliphatic heterocycles. The van der Waals surface area contributed by atoms with Gasteiger partial charge in [0, 0.05) is 22.0 Å². The van der Waals surface area contributed by atoms with E-state index in [0.29, 0.717) is 32.8 Å². The van der Waals surface area contributed by atoms with E-state index in [1.807, 2.05) is 0 Å². The van der Waals surface area contributed by atoms with Crippen LogP contribution in [0.1, 0.15) is 16.1 Å². The van der Waals surface area contributed by atoms with Crippen LogP contribution in [0.5, 0.6) is 0 Å². The van der Waals surface area contributed by atoms with E-state index < -0.39 is 15.9 Å². The molecule has 2 N–H and O–H groups in total. The predicted octanol–water partition coefficient (Wildman–Crippen LogP) is 6.01. The van der Waals surface area contributed by atoms with Crippen LogP contribution in [0.2, 0.25) is 10.0 Å². The highest BCUT2D eigenvalue weighted by Crippen LogP contribution is 2.31. The topological polar surface area (TPSA) is 101 Å². The van der Waals surface area contributed by atoms with Gasteiger partial charge in [-0.25, -0.2) is 8.42 Å². The molecule has 0 saturated carbocycles. The van der Waals surface area contributed by atoms with E-state index in [1.54, 1.807) is 61.5 Å². The molecular formula is C23H17Cl2N3O4S.